The number of aromatic nitrogens is 2. The van der Waals surface area contributed by atoms with E-state index < -0.39 is 0 Å². The first-order chi connectivity index (χ1) is 13.2. The fraction of sp³-hybridized carbons (Fsp3) is 0.316. The van der Waals surface area contributed by atoms with Crippen molar-refractivity contribution in [3.8, 4) is 16.5 Å². The Morgan fingerprint density at radius 3 is 2.96 bits per heavy atom. The second-order valence-corrected chi connectivity index (χ2v) is 7.28. The Bertz CT molecular complexity index is 880. The number of thiophene rings is 1. The molecular weight excluding hydrogens is 386 g/mol. The minimum Gasteiger partial charge on any atom is -0.496 e. The van der Waals surface area contributed by atoms with Gasteiger partial charge in [0.05, 0.1) is 17.6 Å². The minimum absolute atomic E-state index is 0.188. The van der Waals surface area contributed by atoms with E-state index in [0.29, 0.717) is 34.6 Å². The van der Waals surface area contributed by atoms with Crippen LogP contribution in [0.4, 0.5) is 0 Å². The van der Waals surface area contributed by atoms with Gasteiger partial charge in [-0.25, -0.2) is 0 Å². The molecule has 0 radical (unpaired) electrons. The fourth-order valence-corrected chi connectivity index (χ4v) is 3.42. The summed E-state index contributed by atoms with van der Waals surface area (Å²) in [5.41, 5.74) is 0.442. The monoisotopic (exact) mass is 405 g/mol. The third-order valence-electron chi connectivity index (χ3n) is 3.97. The molecule has 0 saturated heterocycles. The molecule has 1 aromatic carbocycles. The number of amides is 1. The number of nitrogens with zero attached hydrogens (tertiary/aromatic N) is 2. The Kier molecular flexibility index (Phi) is 6.84. The van der Waals surface area contributed by atoms with Crippen LogP contribution in [0.1, 0.15) is 35.5 Å². The normalized spacial score (nSPS) is 10.7. The van der Waals surface area contributed by atoms with Gasteiger partial charge in [-0.15, -0.1) is 11.3 Å². The van der Waals surface area contributed by atoms with Crippen LogP contribution in [0.25, 0.3) is 10.7 Å². The van der Waals surface area contributed by atoms with Crippen LogP contribution in [-0.4, -0.2) is 29.7 Å². The zero-order valence-corrected chi connectivity index (χ0v) is 16.5. The molecule has 1 N–H and O–H groups in total. The molecule has 0 spiro atoms. The Balaban J connectivity index is 1.37. The smallest absolute Gasteiger partial charge is 0.255 e. The second-order valence-electron chi connectivity index (χ2n) is 5.90. The van der Waals surface area contributed by atoms with Gasteiger partial charge in [0.2, 0.25) is 11.7 Å². The zero-order chi connectivity index (χ0) is 19.1. The van der Waals surface area contributed by atoms with E-state index in [2.05, 4.69) is 15.5 Å². The van der Waals surface area contributed by atoms with Crippen molar-refractivity contribution in [1.82, 2.24) is 15.5 Å². The van der Waals surface area contributed by atoms with Crippen LogP contribution in [0.15, 0.2) is 40.2 Å². The topological polar surface area (TPSA) is 77.2 Å². The minimum atomic E-state index is -0.188. The molecule has 0 aliphatic rings. The maximum atomic E-state index is 12.3. The molecule has 8 heteroatoms. The highest BCUT2D eigenvalue weighted by Crippen LogP contribution is 2.23. The maximum Gasteiger partial charge on any atom is 0.255 e. The largest absolute Gasteiger partial charge is 0.496 e. The Labute approximate surface area is 166 Å². The highest BCUT2D eigenvalue weighted by Gasteiger charge is 2.12. The van der Waals surface area contributed by atoms with Gasteiger partial charge in [0, 0.05) is 18.0 Å². The molecule has 2 aromatic heterocycles. The van der Waals surface area contributed by atoms with Crippen LogP contribution in [-0.2, 0) is 6.42 Å². The molecule has 0 atom stereocenters. The molecule has 6 nitrogen and oxygen atoms in total. The molecule has 0 unspecified atom stereocenters. The van der Waals surface area contributed by atoms with E-state index in [4.69, 9.17) is 20.9 Å². The Morgan fingerprint density at radius 1 is 1.30 bits per heavy atom. The molecule has 3 aromatic rings. The SMILES string of the molecule is COc1ccc(Cl)cc1C(=O)NCCCCCc1nc(-c2cccs2)no1. The fourth-order valence-electron chi connectivity index (χ4n) is 2.60. The number of hydrogen-bond donors (Lipinski definition) is 1. The van der Waals surface area contributed by atoms with E-state index in [-0.39, 0.29) is 5.91 Å². The quantitative estimate of drug-likeness (QED) is 0.526. The Hall–Kier alpha value is -2.38. The summed E-state index contributed by atoms with van der Waals surface area (Å²) in [4.78, 5) is 17.7. The molecule has 1 amide bonds. The predicted octanol–water partition coefficient (Wildman–Crippen LogP) is 4.60. The van der Waals surface area contributed by atoms with Crippen LogP contribution < -0.4 is 10.1 Å². The van der Waals surface area contributed by atoms with Crippen molar-refractivity contribution in [2.24, 2.45) is 0 Å². The van der Waals surface area contributed by atoms with Gasteiger partial charge in [-0.3, -0.25) is 4.79 Å². The standard InChI is InChI=1S/C19H20ClN3O3S/c1-25-15-9-8-13(20)12-14(15)19(24)21-10-4-2-3-7-17-22-18(23-26-17)16-6-5-11-27-16/h5-6,8-9,11-12H,2-4,7,10H2,1H3,(H,21,24). The highest BCUT2D eigenvalue weighted by molar-refractivity contribution is 7.13. The molecule has 142 valence electrons. The summed E-state index contributed by atoms with van der Waals surface area (Å²) in [6, 6.07) is 8.92. The molecule has 3 rings (SSSR count). The number of nitrogens with one attached hydrogen (secondary N) is 1. The predicted molar refractivity (Wildman–Crippen MR) is 106 cm³/mol. The van der Waals surface area contributed by atoms with Crippen LogP contribution in [0.2, 0.25) is 5.02 Å². The third kappa shape index (κ3) is 5.30. The first kappa shape index (κ1) is 19.4. The van der Waals surface area contributed by atoms with Crippen molar-refractivity contribution in [3.05, 3.63) is 52.2 Å². The molecule has 0 bridgehead atoms. The van der Waals surface area contributed by atoms with Gasteiger partial charge in [0.25, 0.3) is 5.91 Å². The van der Waals surface area contributed by atoms with Gasteiger partial charge in [-0.2, -0.15) is 4.98 Å². The lowest BCUT2D eigenvalue weighted by Crippen LogP contribution is -2.25. The van der Waals surface area contributed by atoms with Gasteiger partial charge in [-0.1, -0.05) is 29.2 Å². The molecule has 27 heavy (non-hydrogen) atoms. The number of carbonyl (C=O) groups excluding carboxylic acids is 1. The number of unbranched alkanes of at least 4 members (excludes halogenated alkanes) is 2. The highest BCUT2D eigenvalue weighted by atomic mass is 35.5. The van der Waals surface area contributed by atoms with E-state index >= 15 is 0 Å². The van der Waals surface area contributed by atoms with Gasteiger partial charge < -0.3 is 14.6 Å². The van der Waals surface area contributed by atoms with E-state index in [0.717, 1.165) is 30.6 Å². The number of aryl methyl sites for hydroxylation is 1. The van der Waals surface area contributed by atoms with Crippen LogP contribution in [0, 0.1) is 0 Å². The van der Waals surface area contributed by atoms with Crippen molar-refractivity contribution < 1.29 is 14.1 Å². The van der Waals surface area contributed by atoms with Gasteiger partial charge >= 0.3 is 0 Å². The molecule has 2 heterocycles. The molecule has 0 aliphatic heterocycles. The third-order valence-corrected chi connectivity index (χ3v) is 5.07. The number of benzene rings is 1. The van der Waals surface area contributed by atoms with Gasteiger partial charge in [0.1, 0.15) is 5.75 Å². The average Bonchev–Trinajstić information content (AvgIpc) is 3.35. The summed E-state index contributed by atoms with van der Waals surface area (Å²) in [6.45, 7) is 0.582. The lowest BCUT2D eigenvalue weighted by molar-refractivity contribution is 0.0950. The van der Waals surface area contributed by atoms with Gasteiger partial charge in [-0.05, 0) is 42.5 Å². The number of carbonyl (C=O) groups is 1. The van der Waals surface area contributed by atoms with Crippen LogP contribution in [0.5, 0.6) is 5.75 Å². The summed E-state index contributed by atoms with van der Waals surface area (Å²) in [7, 11) is 1.53. The van der Waals surface area contributed by atoms with Crippen molar-refractivity contribution in [1.29, 1.82) is 0 Å². The first-order valence-electron chi connectivity index (χ1n) is 8.65. The van der Waals surface area contributed by atoms with E-state index in [1.165, 1.54) is 7.11 Å². The van der Waals surface area contributed by atoms with E-state index in [9.17, 15) is 4.79 Å². The molecular formula is C19H20ClN3O3S. The molecule has 0 fully saturated rings. The lowest BCUT2D eigenvalue weighted by Gasteiger charge is -2.09. The number of ether oxygens (including phenoxy) is 1. The maximum absolute atomic E-state index is 12.3. The average molecular weight is 406 g/mol. The number of hydrogen-bond acceptors (Lipinski definition) is 6. The second kappa shape index (κ2) is 9.53. The summed E-state index contributed by atoms with van der Waals surface area (Å²) < 4.78 is 10.5. The molecule has 0 aliphatic carbocycles. The van der Waals surface area contributed by atoms with Gasteiger partial charge in [0.15, 0.2) is 0 Å². The van der Waals surface area contributed by atoms with E-state index in [1.54, 1.807) is 29.5 Å². The summed E-state index contributed by atoms with van der Waals surface area (Å²) in [6.07, 6.45) is 3.46. The van der Waals surface area contributed by atoms with Crippen LogP contribution in [0.3, 0.4) is 0 Å². The van der Waals surface area contributed by atoms with Crippen molar-refractivity contribution in [2.75, 3.05) is 13.7 Å². The summed E-state index contributed by atoms with van der Waals surface area (Å²) in [5.74, 6) is 1.61. The van der Waals surface area contributed by atoms with Crippen molar-refractivity contribution in [2.45, 2.75) is 25.7 Å². The first-order valence-corrected chi connectivity index (χ1v) is 9.91. The van der Waals surface area contributed by atoms with Crippen LogP contribution >= 0.6 is 22.9 Å². The number of rotatable bonds is 9. The zero-order valence-electron chi connectivity index (χ0n) is 14.9. The Morgan fingerprint density at radius 2 is 2.19 bits per heavy atom. The van der Waals surface area contributed by atoms with E-state index in [1.807, 2.05) is 17.5 Å². The summed E-state index contributed by atoms with van der Waals surface area (Å²) in [5, 5.41) is 9.38. The lowest BCUT2D eigenvalue weighted by atomic mass is 10.1. The number of methoxy groups -OCH3 is 1. The van der Waals surface area contributed by atoms with Crippen molar-refractivity contribution in [3.63, 3.8) is 0 Å². The molecule has 0 saturated carbocycles. The van der Waals surface area contributed by atoms with Crippen molar-refractivity contribution >= 4 is 28.8 Å². The summed E-state index contributed by atoms with van der Waals surface area (Å²) >= 11 is 7.54. The number of halogens is 1.